The van der Waals surface area contributed by atoms with Gasteiger partial charge in [0.25, 0.3) is 11.7 Å². The molecule has 3 aromatic carbocycles. The zero-order valence-electron chi connectivity index (χ0n) is 17.9. The molecule has 1 aliphatic heterocycles. The van der Waals surface area contributed by atoms with Gasteiger partial charge in [-0.1, -0.05) is 55.5 Å². The molecule has 0 saturated carbocycles. The smallest absolute Gasteiger partial charge is 0.300 e. The van der Waals surface area contributed by atoms with Crippen molar-refractivity contribution in [1.29, 1.82) is 0 Å². The van der Waals surface area contributed by atoms with E-state index in [9.17, 15) is 19.1 Å². The lowest BCUT2D eigenvalue weighted by Gasteiger charge is -2.25. The fourth-order valence-electron chi connectivity index (χ4n) is 4.39. The van der Waals surface area contributed by atoms with Crippen molar-refractivity contribution < 1.29 is 19.1 Å². The summed E-state index contributed by atoms with van der Waals surface area (Å²) < 4.78 is 14.1. The second-order valence-electron chi connectivity index (χ2n) is 7.99. The Morgan fingerprint density at radius 1 is 1.03 bits per heavy atom. The van der Waals surface area contributed by atoms with Crippen LogP contribution < -0.4 is 4.90 Å². The topological polar surface area (TPSA) is 73.4 Å². The van der Waals surface area contributed by atoms with E-state index < -0.39 is 23.5 Å². The molecule has 0 aliphatic carbocycles. The third-order valence-corrected chi connectivity index (χ3v) is 6.08. The van der Waals surface area contributed by atoms with Crippen LogP contribution in [0, 0.1) is 5.82 Å². The number of aliphatic hydroxyl groups excluding tert-OH is 1. The van der Waals surface area contributed by atoms with Gasteiger partial charge in [0, 0.05) is 33.9 Å². The average molecular weight is 440 g/mol. The minimum atomic E-state index is -0.922. The van der Waals surface area contributed by atoms with E-state index in [0.717, 1.165) is 22.9 Å². The van der Waals surface area contributed by atoms with E-state index in [1.807, 2.05) is 43.3 Å². The van der Waals surface area contributed by atoms with Crippen LogP contribution in [0.3, 0.4) is 0 Å². The highest BCUT2D eigenvalue weighted by Gasteiger charge is 2.47. The van der Waals surface area contributed by atoms with Crippen molar-refractivity contribution in [3.8, 4) is 0 Å². The van der Waals surface area contributed by atoms with Gasteiger partial charge in [0.1, 0.15) is 11.6 Å². The maximum atomic E-state index is 14.1. The molecule has 2 heterocycles. The number of aliphatic hydroxyl groups is 1. The molecule has 1 aromatic heterocycles. The minimum Gasteiger partial charge on any atom is -0.507 e. The fourth-order valence-corrected chi connectivity index (χ4v) is 4.39. The number of H-pyrrole nitrogens is 1. The van der Waals surface area contributed by atoms with Crippen molar-refractivity contribution in [3.63, 3.8) is 0 Å². The molecule has 0 bridgehead atoms. The zero-order valence-corrected chi connectivity index (χ0v) is 17.9. The standard InChI is InChI=1S/C27H21FN2O3/c1-2-16-10-12-17(13-11-16)25(31)23-24(21-15-29-22-9-4-3-8-20(21)22)30(27(33)26(23)32)19-7-5-6-18(28)14-19/h3-15,24,29,31H,2H2,1H3/b25-23+. The van der Waals surface area contributed by atoms with Gasteiger partial charge in [-0.05, 0) is 36.2 Å². The number of hydrogen-bond donors (Lipinski definition) is 2. The van der Waals surface area contributed by atoms with Crippen LogP contribution in [0.4, 0.5) is 10.1 Å². The van der Waals surface area contributed by atoms with E-state index in [-0.39, 0.29) is 17.0 Å². The third kappa shape index (κ3) is 3.40. The number of nitrogens with zero attached hydrogens (tertiary/aromatic N) is 1. The first-order chi connectivity index (χ1) is 16.0. The molecular weight excluding hydrogens is 419 g/mol. The van der Waals surface area contributed by atoms with E-state index in [1.165, 1.54) is 23.1 Å². The van der Waals surface area contributed by atoms with Gasteiger partial charge in [0.2, 0.25) is 0 Å². The van der Waals surface area contributed by atoms with Crippen molar-refractivity contribution in [2.24, 2.45) is 0 Å². The van der Waals surface area contributed by atoms with Crippen LogP contribution >= 0.6 is 0 Å². The van der Waals surface area contributed by atoms with Gasteiger partial charge in [0.15, 0.2) is 0 Å². The minimum absolute atomic E-state index is 0.0294. The van der Waals surface area contributed by atoms with Gasteiger partial charge in [-0.3, -0.25) is 14.5 Å². The Labute approximate surface area is 189 Å². The number of aromatic amines is 1. The van der Waals surface area contributed by atoms with Crippen LogP contribution in [0.2, 0.25) is 0 Å². The number of aryl methyl sites for hydroxylation is 1. The Balaban J connectivity index is 1.76. The van der Waals surface area contributed by atoms with E-state index in [4.69, 9.17) is 0 Å². The molecule has 2 N–H and O–H groups in total. The Morgan fingerprint density at radius 2 is 1.79 bits per heavy atom. The summed E-state index contributed by atoms with van der Waals surface area (Å²) in [5, 5.41) is 12.0. The largest absolute Gasteiger partial charge is 0.507 e. The summed E-state index contributed by atoms with van der Waals surface area (Å²) >= 11 is 0. The van der Waals surface area contributed by atoms with E-state index in [0.29, 0.717) is 11.1 Å². The Kier molecular flexibility index (Phi) is 5.05. The number of benzene rings is 3. The molecule has 1 fully saturated rings. The highest BCUT2D eigenvalue weighted by molar-refractivity contribution is 6.51. The molecule has 1 amide bonds. The Hall–Kier alpha value is -4.19. The van der Waals surface area contributed by atoms with Crippen LogP contribution in [0.25, 0.3) is 16.7 Å². The average Bonchev–Trinajstić information content (AvgIpc) is 3.37. The number of nitrogens with one attached hydrogen (secondary N) is 1. The number of carbonyl (C=O) groups is 2. The summed E-state index contributed by atoms with van der Waals surface area (Å²) in [6.07, 6.45) is 2.56. The summed E-state index contributed by atoms with van der Waals surface area (Å²) in [7, 11) is 0. The SMILES string of the molecule is CCc1ccc(/C(O)=C2\C(=O)C(=O)N(c3cccc(F)c3)C2c2c[nH]c3ccccc23)cc1. The van der Waals surface area contributed by atoms with Crippen molar-refractivity contribution in [3.05, 3.63) is 107 Å². The first-order valence-corrected chi connectivity index (χ1v) is 10.7. The van der Waals surface area contributed by atoms with E-state index in [2.05, 4.69) is 4.98 Å². The maximum Gasteiger partial charge on any atom is 0.300 e. The lowest BCUT2D eigenvalue weighted by Crippen LogP contribution is -2.29. The molecular formula is C27H21FN2O3. The summed E-state index contributed by atoms with van der Waals surface area (Å²) in [5.41, 5.74) is 3.20. The molecule has 6 heteroatoms. The number of amides is 1. The predicted octanol–water partition coefficient (Wildman–Crippen LogP) is 5.50. The number of carbonyl (C=O) groups excluding carboxylic acids is 2. The molecule has 5 nitrogen and oxygen atoms in total. The first-order valence-electron chi connectivity index (χ1n) is 10.7. The van der Waals surface area contributed by atoms with Crippen molar-refractivity contribution >= 4 is 34.0 Å². The van der Waals surface area contributed by atoms with Crippen LogP contribution in [-0.2, 0) is 16.0 Å². The number of anilines is 1. The summed E-state index contributed by atoms with van der Waals surface area (Å²) in [6.45, 7) is 2.02. The van der Waals surface area contributed by atoms with Gasteiger partial charge in [-0.2, -0.15) is 0 Å². The number of hydrogen-bond acceptors (Lipinski definition) is 3. The number of rotatable bonds is 4. The zero-order chi connectivity index (χ0) is 23.1. The monoisotopic (exact) mass is 440 g/mol. The molecule has 1 atom stereocenters. The summed E-state index contributed by atoms with van der Waals surface area (Å²) in [6, 6.07) is 19.3. The van der Waals surface area contributed by atoms with Crippen LogP contribution in [0.5, 0.6) is 0 Å². The van der Waals surface area contributed by atoms with Crippen LogP contribution in [0.15, 0.2) is 84.6 Å². The number of Topliss-reactive ketones (excluding diaryl/α,β-unsaturated/α-hetero) is 1. The number of para-hydroxylation sites is 1. The van der Waals surface area contributed by atoms with Gasteiger partial charge in [-0.15, -0.1) is 0 Å². The summed E-state index contributed by atoms with van der Waals surface area (Å²) in [5.74, 6) is -2.42. The lowest BCUT2D eigenvalue weighted by molar-refractivity contribution is -0.132. The van der Waals surface area contributed by atoms with Crippen molar-refractivity contribution in [1.82, 2.24) is 4.98 Å². The summed E-state index contributed by atoms with van der Waals surface area (Å²) in [4.78, 5) is 30.9. The number of aromatic nitrogens is 1. The molecule has 33 heavy (non-hydrogen) atoms. The maximum absolute atomic E-state index is 14.1. The Morgan fingerprint density at radius 3 is 2.52 bits per heavy atom. The molecule has 0 spiro atoms. The molecule has 1 unspecified atom stereocenters. The normalized spacial score (nSPS) is 17.8. The van der Waals surface area contributed by atoms with Gasteiger partial charge >= 0.3 is 0 Å². The predicted molar refractivity (Wildman–Crippen MR) is 125 cm³/mol. The number of halogens is 1. The van der Waals surface area contributed by atoms with E-state index >= 15 is 0 Å². The highest BCUT2D eigenvalue weighted by atomic mass is 19.1. The third-order valence-electron chi connectivity index (χ3n) is 6.08. The van der Waals surface area contributed by atoms with Crippen LogP contribution in [0.1, 0.15) is 29.7 Å². The second-order valence-corrected chi connectivity index (χ2v) is 7.99. The molecule has 1 aliphatic rings. The molecule has 164 valence electrons. The Bertz CT molecular complexity index is 1420. The van der Waals surface area contributed by atoms with Crippen LogP contribution in [-0.4, -0.2) is 21.8 Å². The first kappa shape index (κ1) is 20.7. The van der Waals surface area contributed by atoms with Crippen molar-refractivity contribution in [2.75, 3.05) is 4.90 Å². The van der Waals surface area contributed by atoms with Gasteiger partial charge < -0.3 is 10.1 Å². The molecule has 4 aromatic rings. The molecule has 0 radical (unpaired) electrons. The fraction of sp³-hybridized carbons (Fsp3) is 0.111. The second kappa shape index (κ2) is 8.06. The lowest BCUT2D eigenvalue weighted by atomic mass is 9.94. The highest BCUT2D eigenvalue weighted by Crippen LogP contribution is 2.44. The van der Waals surface area contributed by atoms with E-state index in [1.54, 1.807) is 24.4 Å². The van der Waals surface area contributed by atoms with Crippen molar-refractivity contribution in [2.45, 2.75) is 19.4 Å². The molecule has 5 rings (SSSR count). The number of fused-ring (bicyclic) bond motifs is 1. The van der Waals surface area contributed by atoms with Gasteiger partial charge in [-0.25, -0.2) is 4.39 Å². The van der Waals surface area contributed by atoms with Gasteiger partial charge in [0.05, 0.1) is 11.6 Å². The molecule has 1 saturated heterocycles. The number of ketones is 1. The quantitative estimate of drug-likeness (QED) is 0.250.